The molecule has 4 amide bonds. The Bertz CT molecular complexity index is 1060. The average Bonchev–Trinajstić information content (AvgIpc) is 2.97. The van der Waals surface area contributed by atoms with Crippen molar-refractivity contribution in [3.05, 3.63) is 0 Å². The highest BCUT2D eigenvalue weighted by Gasteiger charge is 2.67. The zero-order valence-corrected chi connectivity index (χ0v) is 25.8. The number of hydroxylamine groups is 3. The van der Waals surface area contributed by atoms with E-state index in [0.717, 1.165) is 24.2 Å². The van der Waals surface area contributed by atoms with Gasteiger partial charge in [0.25, 0.3) is 5.91 Å². The van der Waals surface area contributed by atoms with Gasteiger partial charge in [0.1, 0.15) is 11.1 Å². The van der Waals surface area contributed by atoms with Gasteiger partial charge in [-0.2, -0.15) is 13.5 Å². The molecule has 41 heavy (non-hydrogen) atoms. The van der Waals surface area contributed by atoms with E-state index in [9.17, 15) is 27.6 Å². The van der Waals surface area contributed by atoms with Gasteiger partial charge in [0, 0.05) is 13.6 Å². The molecule has 0 radical (unpaired) electrons. The third-order valence-corrected chi connectivity index (χ3v) is 7.41. The Labute approximate surface area is 241 Å². The number of ether oxygens (including phenoxy) is 2. The fraction of sp³-hybridized carbons (Fsp3) is 0.840. The number of unbranched alkanes of at least 4 members (excludes halogenated alkanes) is 3. The molecule has 16 heteroatoms. The van der Waals surface area contributed by atoms with Crippen molar-refractivity contribution >= 4 is 34.4 Å². The third kappa shape index (κ3) is 9.15. The van der Waals surface area contributed by atoms with E-state index in [1.165, 1.54) is 20.9 Å². The molecule has 236 valence electrons. The second-order valence-corrected chi connectivity index (χ2v) is 12.9. The Morgan fingerprint density at radius 2 is 1.76 bits per heavy atom. The van der Waals surface area contributed by atoms with Crippen molar-refractivity contribution in [2.24, 2.45) is 5.41 Å². The molecule has 15 nitrogen and oxygen atoms in total. The van der Waals surface area contributed by atoms with Crippen LogP contribution in [-0.4, -0.2) is 93.0 Å². The summed E-state index contributed by atoms with van der Waals surface area (Å²) in [6.07, 6.45) is 3.53. The number of alkyl carbamates (subject to hydrolysis) is 1. The molecule has 2 fully saturated rings. The number of amides is 4. The summed E-state index contributed by atoms with van der Waals surface area (Å²) in [6.45, 7) is 9.73. The molecule has 0 spiro atoms. The Hall–Kier alpha value is -2.69. The van der Waals surface area contributed by atoms with Gasteiger partial charge in [0.2, 0.25) is 0 Å². The summed E-state index contributed by atoms with van der Waals surface area (Å²) >= 11 is 0. The number of nitrogens with zero attached hydrogens (tertiary/aromatic N) is 2. The average molecular weight is 609 g/mol. The quantitative estimate of drug-likeness (QED) is 0.149. The Morgan fingerprint density at radius 1 is 1.07 bits per heavy atom. The van der Waals surface area contributed by atoms with Crippen LogP contribution in [0.5, 0.6) is 0 Å². The van der Waals surface area contributed by atoms with Gasteiger partial charge in [-0.1, -0.05) is 26.2 Å². The molecule has 1 saturated heterocycles. The van der Waals surface area contributed by atoms with Crippen LogP contribution in [0, 0.1) is 5.41 Å². The molecule has 2 atom stereocenters. The number of urea groups is 1. The minimum absolute atomic E-state index is 0.0357. The number of fused-ring (bicyclic) bond motifs is 1. The zero-order valence-electron chi connectivity index (χ0n) is 24.9. The van der Waals surface area contributed by atoms with Gasteiger partial charge < -0.3 is 19.7 Å². The standard InChI is InChI=1S/C25H44N4O11S/c1-8-9-10-11-15-36-20(31)24(5,6)17-38-41(34,35)40-29-18-12-13-25(18,28(7)22(29)33)19(30)27-37-16-14-26-21(32)39-23(2,3)4/h18H,8-17H2,1-7H3,(H,26,32)(H,27,30)/t18?,25-/m0/s1. The first-order chi connectivity index (χ1) is 19.0. The minimum atomic E-state index is -4.79. The first-order valence-corrected chi connectivity index (χ1v) is 15.0. The van der Waals surface area contributed by atoms with Crippen molar-refractivity contribution in [1.29, 1.82) is 0 Å². The summed E-state index contributed by atoms with van der Waals surface area (Å²) in [5.74, 6) is -1.31. The molecular weight excluding hydrogens is 564 g/mol. The molecule has 0 aromatic carbocycles. The number of carbonyl (C=O) groups is 4. The molecule has 2 N–H and O–H groups in total. The molecule has 0 aromatic heterocycles. The molecular formula is C25H44N4O11S. The van der Waals surface area contributed by atoms with Crippen LogP contribution in [0.4, 0.5) is 9.59 Å². The molecule has 1 heterocycles. The monoisotopic (exact) mass is 608 g/mol. The molecule has 1 unspecified atom stereocenters. The number of likely N-dealkylation sites (N-methyl/N-ethyl adjacent to an activating group) is 1. The number of rotatable bonds is 16. The molecule has 0 aromatic rings. The lowest BCUT2D eigenvalue weighted by molar-refractivity contribution is -0.158. The molecule has 1 aliphatic carbocycles. The van der Waals surface area contributed by atoms with Crippen LogP contribution in [0.3, 0.4) is 0 Å². The molecule has 2 rings (SSSR count). The van der Waals surface area contributed by atoms with Crippen LogP contribution in [0.15, 0.2) is 0 Å². The minimum Gasteiger partial charge on any atom is -0.465 e. The smallest absolute Gasteiger partial charge is 0.421 e. The van der Waals surface area contributed by atoms with E-state index < -0.39 is 63.6 Å². The first-order valence-electron chi connectivity index (χ1n) is 13.7. The van der Waals surface area contributed by atoms with Crippen LogP contribution in [0.1, 0.15) is 80.1 Å². The van der Waals surface area contributed by atoms with Gasteiger partial charge in [-0.25, -0.2) is 19.3 Å². The largest absolute Gasteiger partial charge is 0.465 e. The lowest BCUT2D eigenvalue weighted by Crippen LogP contribution is -2.67. The van der Waals surface area contributed by atoms with Gasteiger partial charge in [0.15, 0.2) is 0 Å². The van der Waals surface area contributed by atoms with Crippen LogP contribution < -0.4 is 10.8 Å². The highest BCUT2D eigenvalue weighted by Crippen LogP contribution is 2.47. The summed E-state index contributed by atoms with van der Waals surface area (Å²) < 4.78 is 45.4. The normalized spacial score (nSPS) is 20.8. The van der Waals surface area contributed by atoms with E-state index in [-0.39, 0.29) is 32.6 Å². The first kappa shape index (κ1) is 34.5. The topological polar surface area (TPSA) is 179 Å². The van der Waals surface area contributed by atoms with E-state index in [2.05, 4.69) is 17.7 Å². The van der Waals surface area contributed by atoms with Crippen molar-refractivity contribution in [2.45, 2.75) is 97.2 Å². The number of carbonyl (C=O) groups excluding carboxylic acids is 4. The summed E-state index contributed by atoms with van der Waals surface area (Å²) in [4.78, 5) is 56.2. The van der Waals surface area contributed by atoms with E-state index in [1.54, 1.807) is 20.8 Å². The highest BCUT2D eigenvalue weighted by atomic mass is 32.3. The van der Waals surface area contributed by atoms with Crippen molar-refractivity contribution in [3.63, 3.8) is 0 Å². The number of nitrogens with one attached hydrogen (secondary N) is 2. The van der Waals surface area contributed by atoms with Crippen LogP contribution in [0.2, 0.25) is 0 Å². The third-order valence-electron chi connectivity index (χ3n) is 6.66. The van der Waals surface area contributed by atoms with E-state index in [1.807, 2.05) is 0 Å². The number of hydrogen-bond acceptors (Lipinski definition) is 11. The van der Waals surface area contributed by atoms with Crippen molar-refractivity contribution in [1.82, 2.24) is 20.8 Å². The summed E-state index contributed by atoms with van der Waals surface area (Å²) in [5.41, 5.74) is -1.16. The Kier molecular flexibility index (Phi) is 11.8. The van der Waals surface area contributed by atoms with Gasteiger partial charge >= 0.3 is 28.5 Å². The fourth-order valence-electron chi connectivity index (χ4n) is 4.21. The van der Waals surface area contributed by atoms with Crippen LogP contribution >= 0.6 is 0 Å². The predicted octanol–water partition coefficient (Wildman–Crippen LogP) is 2.17. The maximum Gasteiger partial charge on any atom is 0.421 e. The van der Waals surface area contributed by atoms with E-state index >= 15 is 0 Å². The molecule has 1 aliphatic heterocycles. The van der Waals surface area contributed by atoms with Gasteiger partial charge in [-0.3, -0.25) is 14.4 Å². The fourth-order valence-corrected chi connectivity index (χ4v) is 5.06. The van der Waals surface area contributed by atoms with Gasteiger partial charge in [0.05, 0.1) is 31.3 Å². The lowest BCUT2D eigenvalue weighted by Gasteiger charge is -2.45. The van der Waals surface area contributed by atoms with Crippen LogP contribution in [0.25, 0.3) is 0 Å². The van der Waals surface area contributed by atoms with E-state index in [4.69, 9.17) is 22.8 Å². The zero-order chi connectivity index (χ0) is 31.1. The highest BCUT2D eigenvalue weighted by molar-refractivity contribution is 7.81. The second-order valence-electron chi connectivity index (χ2n) is 11.7. The Balaban J connectivity index is 1.88. The van der Waals surface area contributed by atoms with Crippen LogP contribution in [-0.2, 0) is 42.8 Å². The SMILES string of the molecule is CCCCCCOC(=O)C(C)(C)COS(=O)(=O)ON1C(=O)N(C)[C@@]2(C(=O)NOCCNC(=O)OC(C)(C)C)CCC12. The van der Waals surface area contributed by atoms with Crippen molar-refractivity contribution < 1.29 is 50.4 Å². The molecule has 0 bridgehead atoms. The second kappa shape index (κ2) is 14.0. The maximum absolute atomic E-state index is 13.0. The maximum atomic E-state index is 13.0. The summed E-state index contributed by atoms with van der Waals surface area (Å²) in [7, 11) is -3.44. The van der Waals surface area contributed by atoms with Gasteiger partial charge in [-0.15, -0.1) is 4.28 Å². The van der Waals surface area contributed by atoms with Gasteiger partial charge in [-0.05, 0) is 53.9 Å². The summed E-state index contributed by atoms with van der Waals surface area (Å²) in [5, 5.41) is 3.05. The molecule has 2 aliphatic rings. The van der Waals surface area contributed by atoms with E-state index in [0.29, 0.717) is 11.5 Å². The lowest BCUT2D eigenvalue weighted by atomic mass is 9.71. The summed E-state index contributed by atoms with van der Waals surface area (Å²) in [6, 6.07) is -1.81. The molecule has 1 saturated carbocycles. The number of esters is 1. The van der Waals surface area contributed by atoms with Crippen molar-refractivity contribution in [2.75, 3.05) is 33.4 Å². The number of hydrogen-bond donors (Lipinski definition) is 2. The predicted molar refractivity (Wildman–Crippen MR) is 144 cm³/mol. The van der Waals surface area contributed by atoms with Crippen molar-refractivity contribution in [3.8, 4) is 0 Å². The Morgan fingerprint density at radius 3 is 2.34 bits per heavy atom.